The van der Waals surface area contributed by atoms with Crippen LogP contribution in [0.25, 0.3) is 0 Å². The Bertz CT molecular complexity index is 859. The number of carbonyl (C=O) groups is 1. The third-order valence-electron chi connectivity index (χ3n) is 3.90. The Morgan fingerprint density at radius 3 is 2.04 bits per heavy atom. The van der Waals surface area contributed by atoms with Gasteiger partial charge in [0, 0.05) is 0 Å². The second-order valence-corrected chi connectivity index (χ2v) is 6.97. The summed E-state index contributed by atoms with van der Waals surface area (Å²) in [5.41, 5.74) is 8.27. The third kappa shape index (κ3) is 3.22. The maximum absolute atomic E-state index is 12.7. The fourth-order valence-electron chi connectivity index (χ4n) is 2.46. The zero-order valence-electron chi connectivity index (χ0n) is 13.5. The lowest BCUT2D eigenvalue weighted by molar-refractivity contribution is 0.0999. The number of hydrogen-bond donors (Lipinski definition) is 1. The molecule has 0 fully saturated rings. The van der Waals surface area contributed by atoms with Gasteiger partial charge in [-0.2, -0.15) is 8.42 Å². The highest BCUT2D eigenvalue weighted by atomic mass is 32.2. The van der Waals surface area contributed by atoms with E-state index in [4.69, 9.17) is 9.92 Å². The van der Waals surface area contributed by atoms with Crippen molar-refractivity contribution in [2.75, 3.05) is 0 Å². The highest BCUT2D eigenvalue weighted by Gasteiger charge is 2.25. The summed E-state index contributed by atoms with van der Waals surface area (Å²) < 4.78 is 30.7. The molecule has 5 nitrogen and oxygen atoms in total. The van der Waals surface area contributed by atoms with Gasteiger partial charge < -0.3 is 9.92 Å². The average molecular weight is 333 g/mol. The van der Waals surface area contributed by atoms with Crippen LogP contribution in [0.15, 0.2) is 35.2 Å². The first-order valence-electron chi connectivity index (χ1n) is 7.06. The minimum absolute atomic E-state index is 0.0238. The molecule has 0 saturated heterocycles. The molecule has 0 spiro atoms. The molecule has 0 unspecified atom stereocenters. The molecule has 2 rings (SSSR count). The van der Waals surface area contributed by atoms with Crippen LogP contribution in [0.4, 0.5) is 0 Å². The molecule has 0 bridgehead atoms. The van der Waals surface area contributed by atoms with Crippen LogP contribution in [0.5, 0.6) is 5.75 Å². The van der Waals surface area contributed by atoms with E-state index in [0.29, 0.717) is 11.1 Å². The van der Waals surface area contributed by atoms with Gasteiger partial charge in [-0.25, -0.2) is 0 Å². The minimum Gasteiger partial charge on any atom is -0.378 e. The average Bonchev–Trinajstić information content (AvgIpc) is 2.45. The first kappa shape index (κ1) is 17.0. The summed E-state index contributed by atoms with van der Waals surface area (Å²) in [5, 5.41) is 0. The minimum atomic E-state index is -4.08. The molecule has 122 valence electrons. The van der Waals surface area contributed by atoms with Crippen molar-refractivity contribution >= 4 is 16.0 Å². The number of para-hydroxylation sites is 1. The number of rotatable bonds is 4. The lowest BCUT2D eigenvalue weighted by Crippen LogP contribution is -2.18. The van der Waals surface area contributed by atoms with Crippen LogP contribution in [0.2, 0.25) is 0 Å². The number of nitrogens with two attached hydrogens (primary N) is 1. The summed E-state index contributed by atoms with van der Waals surface area (Å²) >= 11 is 0. The van der Waals surface area contributed by atoms with E-state index in [-0.39, 0.29) is 16.2 Å². The fourth-order valence-corrected chi connectivity index (χ4v) is 4.00. The van der Waals surface area contributed by atoms with E-state index in [9.17, 15) is 13.2 Å². The SMILES string of the molecule is Cc1cc(C)c(C)c(S(=O)(=O)Oc2ccccc2C(N)=O)c1C. The second-order valence-electron chi connectivity index (χ2n) is 5.49. The van der Waals surface area contributed by atoms with E-state index < -0.39 is 16.0 Å². The Hall–Kier alpha value is -2.34. The highest BCUT2D eigenvalue weighted by molar-refractivity contribution is 7.87. The summed E-state index contributed by atoms with van der Waals surface area (Å²) in [7, 11) is -4.08. The van der Waals surface area contributed by atoms with Gasteiger partial charge in [-0.1, -0.05) is 18.2 Å². The zero-order valence-corrected chi connectivity index (χ0v) is 14.3. The van der Waals surface area contributed by atoms with Gasteiger partial charge in [-0.15, -0.1) is 0 Å². The lowest BCUT2D eigenvalue weighted by atomic mass is 10.0. The molecule has 0 aliphatic rings. The van der Waals surface area contributed by atoms with E-state index in [1.54, 1.807) is 26.0 Å². The van der Waals surface area contributed by atoms with Crippen molar-refractivity contribution in [1.82, 2.24) is 0 Å². The molecule has 2 N–H and O–H groups in total. The molecule has 2 aromatic carbocycles. The summed E-state index contributed by atoms with van der Waals surface area (Å²) in [4.78, 5) is 11.6. The van der Waals surface area contributed by atoms with Crippen molar-refractivity contribution in [2.45, 2.75) is 32.6 Å². The molecule has 0 aliphatic carbocycles. The number of hydrogen-bond acceptors (Lipinski definition) is 4. The van der Waals surface area contributed by atoms with Crippen molar-refractivity contribution in [2.24, 2.45) is 5.73 Å². The van der Waals surface area contributed by atoms with Gasteiger partial charge in [0.15, 0.2) is 5.75 Å². The van der Waals surface area contributed by atoms with Crippen molar-refractivity contribution in [3.8, 4) is 5.75 Å². The van der Waals surface area contributed by atoms with Gasteiger partial charge in [-0.3, -0.25) is 4.79 Å². The van der Waals surface area contributed by atoms with Crippen LogP contribution in [0, 0.1) is 27.7 Å². The normalized spacial score (nSPS) is 11.3. The molecule has 2 aromatic rings. The summed E-state index contributed by atoms with van der Waals surface area (Å²) in [6.45, 7) is 7.16. The van der Waals surface area contributed by atoms with Crippen LogP contribution in [-0.2, 0) is 10.1 Å². The van der Waals surface area contributed by atoms with E-state index >= 15 is 0 Å². The van der Waals surface area contributed by atoms with Crippen molar-refractivity contribution in [3.05, 3.63) is 58.1 Å². The Kier molecular flexibility index (Phi) is 4.47. The van der Waals surface area contributed by atoms with E-state index in [2.05, 4.69) is 0 Å². The molecule has 0 saturated carbocycles. The van der Waals surface area contributed by atoms with Crippen LogP contribution in [0.3, 0.4) is 0 Å². The Balaban J connectivity index is 2.60. The number of amides is 1. The molecular weight excluding hydrogens is 314 g/mol. The number of carbonyl (C=O) groups excluding carboxylic acids is 1. The summed E-state index contributed by atoms with van der Waals surface area (Å²) in [6, 6.07) is 7.94. The monoisotopic (exact) mass is 333 g/mol. The molecule has 1 amide bonds. The van der Waals surface area contributed by atoms with Crippen molar-refractivity contribution in [1.29, 1.82) is 0 Å². The van der Waals surface area contributed by atoms with Crippen LogP contribution in [0.1, 0.15) is 32.6 Å². The molecular formula is C17H19NO4S. The van der Waals surface area contributed by atoms with Gasteiger partial charge in [0.05, 0.1) is 5.56 Å². The van der Waals surface area contributed by atoms with Gasteiger partial charge >= 0.3 is 10.1 Å². The molecule has 0 atom stereocenters. The van der Waals surface area contributed by atoms with Gasteiger partial charge in [0.1, 0.15) is 4.90 Å². The quantitative estimate of drug-likeness (QED) is 0.872. The molecule has 0 heterocycles. The second kappa shape index (κ2) is 6.04. The van der Waals surface area contributed by atoms with E-state index in [0.717, 1.165) is 11.1 Å². The molecule has 23 heavy (non-hydrogen) atoms. The summed E-state index contributed by atoms with van der Waals surface area (Å²) in [6.07, 6.45) is 0. The standard InChI is InChI=1S/C17H19NO4S/c1-10-9-11(2)13(4)16(12(10)3)23(20,21)22-15-8-6-5-7-14(15)17(18)19/h5-9H,1-4H3,(H2,18,19). The van der Waals surface area contributed by atoms with E-state index in [1.807, 2.05) is 19.9 Å². The highest BCUT2D eigenvalue weighted by Crippen LogP contribution is 2.29. The Labute approximate surface area is 136 Å². The van der Waals surface area contributed by atoms with Gasteiger partial charge in [0.25, 0.3) is 5.91 Å². The van der Waals surface area contributed by atoms with Gasteiger partial charge in [-0.05, 0) is 62.1 Å². The number of primary amides is 1. The number of benzene rings is 2. The predicted octanol–water partition coefficient (Wildman–Crippen LogP) is 2.79. The van der Waals surface area contributed by atoms with Crippen LogP contribution in [-0.4, -0.2) is 14.3 Å². The lowest BCUT2D eigenvalue weighted by Gasteiger charge is -2.16. The predicted molar refractivity (Wildman–Crippen MR) is 88.2 cm³/mol. The molecule has 0 aliphatic heterocycles. The van der Waals surface area contributed by atoms with Crippen molar-refractivity contribution in [3.63, 3.8) is 0 Å². The van der Waals surface area contributed by atoms with Crippen molar-refractivity contribution < 1.29 is 17.4 Å². The topological polar surface area (TPSA) is 86.5 Å². The first-order valence-corrected chi connectivity index (χ1v) is 8.46. The Morgan fingerprint density at radius 1 is 1.00 bits per heavy atom. The smallest absolute Gasteiger partial charge is 0.339 e. The molecule has 6 heteroatoms. The third-order valence-corrected chi connectivity index (χ3v) is 5.41. The molecule has 0 radical (unpaired) electrons. The maximum atomic E-state index is 12.7. The van der Waals surface area contributed by atoms with E-state index in [1.165, 1.54) is 12.1 Å². The fraction of sp³-hybridized carbons (Fsp3) is 0.235. The number of aryl methyl sites for hydroxylation is 2. The molecule has 0 aromatic heterocycles. The van der Waals surface area contributed by atoms with Gasteiger partial charge in [0.2, 0.25) is 0 Å². The largest absolute Gasteiger partial charge is 0.378 e. The first-order chi connectivity index (χ1) is 10.6. The maximum Gasteiger partial charge on any atom is 0.339 e. The zero-order chi connectivity index (χ0) is 17.4. The summed E-state index contributed by atoms with van der Waals surface area (Å²) in [5.74, 6) is -0.817. The van der Waals surface area contributed by atoms with Crippen LogP contribution >= 0.6 is 0 Å². The van der Waals surface area contributed by atoms with Crippen LogP contribution < -0.4 is 9.92 Å². The Morgan fingerprint density at radius 2 is 1.52 bits per heavy atom.